The Labute approximate surface area is 234 Å². The topological polar surface area (TPSA) is 119 Å². The van der Waals surface area contributed by atoms with E-state index in [1.54, 1.807) is 47.5 Å². The van der Waals surface area contributed by atoms with Gasteiger partial charge in [0.25, 0.3) is 5.91 Å². The van der Waals surface area contributed by atoms with Crippen molar-refractivity contribution in [1.29, 1.82) is 0 Å². The fraction of sp³-hybridized carbons (Fsp3) is 0.345. The third-order valence-corrected chi connectivity index (χ3v) is 8.23. The molecule has 9 nitrogen and oxygen atoms in total. The van der Waals surface area contributed by atoms with Crippen molar-refractivity contribution >= 4 is 34.4 Å². The van der Waals surface area contributed by atoms with Gasteiger partial charge in [-0.05, 0) is 67.3 Å². The largest absolute Gasteiger partial charge is 0.494 e. The Morgan fingerprint density at radius 1 is 1.15 bits per heavy atom. The number of halogens is 2. The van der Waals surface area contributed by atoms with Gasteiger partial charge in [-0.1, -0.05) is 11.6 Å². The van der Waals surface area contributed by atoms with Crippen molar-refractivity contribution in [2.75, 3.05) is 7.11 Å². The Bertz CT molecular complexity index is 1610. The minimum atomic E-state index is -0.750. The monoisotopic (exact) mass is 563 g/mol. The van der Waals surface area contributed by atoms with Gasteiger partial charge in [0.05, 0.1) is 54.7 Å². The van der Waals surface area contributed by atoms with Gasteiger partial charge in [-0.3, -0.25) is 24.2 Å². The molecule has 2 aromatic carbocycles. The lowest BCUT2D eigenvalue weighted by molar-refractivity contribution is -0.142. The molecule has 2 saturated carbocycles. The van der Waals surface area contributed by atoms with Crippen LogP contribution in [0.1, 0.15) is 48.2 Å². The summed E-state index contributed by atoms with van der Waals surface area (Å²) in [4.78, 5) is 33.2. The molecule has 0 unspecified atom stereocenters. The number of methoxy groups -OCH3 is 1. The highest BCUT2D eigenvalue weighted by molar-refractivity contribution is 6.32. The summed E-state index contributed by atoms with van der Waals surface area (Å²) >= 11 is 6.34. The van der Waals surface area contributed by atoms with E-state index in [1.165, 1.54) is 13.2 Å². The number of rotatable bonds is 8. The van der Waals surface area contributed by atoms with Crippen LogP contribution in [0.4, 0.5) is 4.39 Å². The molecule has 2 N–H and O–H groups in total. The van der Waals surface area contributed by atoms with E-state index in [0.29, 0.717) is 33.1 Å². The van der Waals surface area contributed by atoms with Gasteiger partial charge in [-0.25, -0.2) is 4.39 Å². The molecular formula is C29H27ClFN5O4. The Hall–Kier alpha value is -4.05. The van der Waals surface area contributed by atoms with Crippen LogP contribution < -0.4 is 10.1 Å². The predicted octanol–water partition coefficient (Wildman–Crippen LogP) is 5.11. The lowest BCUT2D eigenvalue weighted by Crippen LogP contribution is -2.56. The fourth-order valence-corrected chi connectivity index (χ4v) is 6.52. The van der Waals surface area contributed by atoms with E-state index >= 15 is 0 Å². The van der Waals surface area contributed by atoms with Crippen molar-refractivity contribution in [3.63, 3.8) is 0 Å². The third kappa shape index (κ3) is 4.99. The average Bonchev–Trinajstić information content (AvgIpc) is 3.27. The number of hydrogen-bond acceptors (Lipinski definition) is 6. The Kier molecular flexibility index (Phi) is 6.66. The van der Waals surface area contributed by atoms with E-state index in [1.807, 2.05) is 0 Å². The number of carbonyl (C=O) groups excluding carboxylic acids is 1. The molecule has 0 radical (unpaired) electrons. The summed E-state index contributed by atoms with van der Waals surface area (Å²) in [7, 11) is 1.41. The second-order valence-electron chi connectivity index (χ2n) is 10.9. The fourth-order valence-electron chi connectivity index (χ4n) is 6.29. The molecule has 1 spiro atoms. The summed E-state index contributed by atoms with van der Waals surface area (Å²) in [6, 6.07) is 8.06. The predicted molar refractivity (Wildman–Crippen MR) is 146 cm³/mol. The standard InChI is InChI=1S/C29H27ClFN5O4/c1-40-25-3-2-17(6-23(25)31)24-14-32-21(13-33-24)15-36-27-18(12-34-36)5-19(30)7-22(27)28(39)35-20-10-29(11-20)8-16(9-29)4-26(37)38/h2-3,5-7,12-14,16,20H,4,8-11,15H2,1H3,(H,35,39)(H,37,38). The molecule has 0 bridgehead atoms. The molecule has 2 aliphatic carbocycles. The normalized spacial score (nSPS) is 21.6. The number of amides is 1. The van der Waals surface area contributed by atoms with E-state index in [9.17, 15) is 14.0 Å². The zero-order valence-electron chi connectivity index (χ0n) is 21.7. The molecule has 2 fully saturated rings. The maximum atomic E-state index is 14.1. The van der Waals surface area contributed by atoms with Gasteiger partial charge in [-0.2, -0.15) is 5.10 Å². The highest BCUT2D eigenvalue weighted by Gasteiger charge is 2.53. The minimum Gasteiger partial charge on any atom is -0.494 e. The third-order valence-electron chi connectivity index (χ3n) is 8.01. The highest BCUT2D eigenvalue weighted by atomic mass is 35.5. The van der Waals surface area contributed by atoms with Gasteiger partial charge >= 0.3 is 5.97 Å². The van der Waals surface area contributed by atoms with Crippen LogP contribution in [0.3, 0.4) is 0 Å². The van der Waals surface area contributed by atoms with Gasteiger partial charge in [0.2, 0.25) is 0 Å². The van der Waals surface area contributed by atoms with E-state index in [0.717, 1.165) is 31.1 Å². The Morgan fingerprint density at radius 2 is 1.95 bits per heavy atom. The van der Waals surface area contributed by atoms with Gasteiger partial charge in [0.15, 0.2) is 11.6 Å². The van der Waals surface area contributed by atoms with Crippen LogP contribution in [0.5, 0.6) is 5.75 Å². The van der Waals surface area contributed by atoms with Crippen molar-refractivity contribution in [1.82, 2.24) is 25.1 Å². The van der Waals surface area contributed by atoms with Crippen LogP contribution in [-0.4, -0.2) is 49.9 Å². The number of nitrogens with zero attached hydrogens (tertiary/aromatic N) is 4. The van der Waals surface area contributed by atoms with Crippen molar-refractivity contribution in [3.05, 3.63) is 71.0 Å². The van der Waals surface area contributed by atoms with Gasteiger partial charge in [-0.15, -0.1) is 0 Å². The number of ether oxygens (including phenoxy) is 1. The summed E-state index contributed by atoms with van der Waals surface area (Å²) in [6.45, 7) is 0.271. The quantitative estimate of drug-likeness (QED) is 0.306. The summed E-state index contributed by atoms with van der Waals surface area (Å²) < 4.78 is 20.8. The zero-order chi connectivity index (χ0) is 28.0. The van der Waals surface area contributed by atoms with Crippen LogP contribution in [0.2, 0.25) is 5.02 Å². The number of carboxylic acids is 1. The SMILES string of the molecule is COc1ccc(-c2cnc(Cn3ncc4cc(Cl)cc(C(=O)NC5CC6(CC(CC(=O)O)C6)C5)c43)cn2)cc1F. The van der Waals surface area contributed by atoms with E-state index in [4.69, 9.17) is 21.4 Å². The number of aromatic nitrogens is 4. The number of benzene rings is 2. The summed E-state index contributed by atoms with van der Waals surface area (Å²) in [6.07, 6.45) is 8.59. The second kappa shape index (κ2) is 10.2. The molecule has 0 aliphatic heterocycles. The first-order chi connectivity index (χ1) is 19.2. The summed E-state index contributed by atoms with van der Waals surface area (Å²) in [5.74, 6) is -1.06. The number of nitrogens with one attached hydrogen (secondary N) is 1. The molecule has 4 aromatic rings. The molecule has 2 heterocycles. The average molecular weight is 564 g/mol. The van der Waals surface area contributed by atoms with Crippen molar-refractivity contribution in [3.8, 4) is 17.0 Å². The Balaban J connectivity index is 1.16. The van der Waals surface area contributed by atoms with E-state index in [2.05, 4.69) is 20.4 Å². The van der Waals surface area contributed by atoms with Crippen molar-refractivity contribution in [2.24, 2.45) is 11.3 Å². The molecule has 2 aliphatic rings. The van der Waals surface area contributed by atoms with Crippen LogP contribution in [0, 0.1) is 17.2 Å². The maximum absolute atomic E-state index is 14.1. The first-order valence-corrected chi connectivity index (χ1v) is 13.4. The number of carboxylic acid groups (broad SMARTS) is 1. The first kappa shape index (κ1) is 26.2. The number of fused-ring (bicyclic) bond motifs is 1. The number of carbonyl (C=O) groups is 2. The van der Waals surface area contributed by atoms with Crippen LogP contribution in [-0.2, 0) is 11.3 Å². The number of hydrogen-bond donors (Lipinski definition) is 2. The molecule has 0 saturated heterocycles. The lowest BCUT2D eigenvalue weighted by Gasteiger charge is -2.57. The first-order valence-electron chi connectivity index (χ1n) is 13.0. The van der Waals surface area contributed by atoms with Crippen LogP contribution in [0.25, 0.3) is 22.2 Å². The Morgan fingerprint density at radius 3 is 2.62 bits per heavy atom. The van der Waals surface area contributed by atoms with E-state index in [-0.39, 0.29) is 42.0 Å². The molecule has 40 heavy (non-hydrogen) atoms. The van der Waals surface area contributed by atoms with Gasteiger partial charge in [0, 0.05) is 28.4 Å². The van der Waals surface area contributed by atoms with Gasteiger partial charge < -0.3 is 15.2 Å². The number of aliphatic carboxylic acids is 1. The van der Waals surface area contributed by atoms with E-state index < -0.39 is 11.8 Å². The van der Waals surface area contributed by atoms with Crippen LogP contribution >= 0.6 is 11.6 Å². The lowest BCUT2D eigenvalue weighted by atomic mass is 9.49. The van der Waals surface area contributed by atoms with Crippen molar-refractivity contribution < 1.29 is 23.8 Å². The molecule has 11 heteroatoms. The molecule has 0 atom stereocenters. The minimum absolute atomic E-state index is 0.0462. The molecule has 2 aromatic heterocycles. The highest BCUT2D eigenvalue weighted by Crippen LogP contribution is 2.59. The molecular weight excluding hydrogens is 537 g/mol. The maximum Gasteiger partial charge on any atom is 0.303 e. The van der Waals surface area contributed by atoms with Gasteiger partial charge in [0.1, 0.15) is 0 Å². The smallest absolute Gasteiger partial charge is 0.303 e. The summed E-state index contributed by atoms with van der Waals surface area (Å²) in [5.41, 5.74) is 2.95. The second-order valence-corrected chi connectivity index (χ2v) is 11.3. The molecule has 206 valence electrons. The molecule has 6 rings (SSSR count). The summed E-state index contributed by atoms with van der Waals surface area (Å²) in [5, 5.41) is 17.8. The molecule has 1 amide bonds. The van der Waals surface area contributed by atoms with Crippen molar-refractivity contribution in [2.45, 2.75) is 44.7 Å². The van der Waals surface area contributed by atoms with Crippen LogP contribution in [0.15, 0.2) is 48.9 Å². The zero-order valence-corrected chi connectivity index (χ0v) is 22.5.